The third-order valence-corrected chi connectivity index (χ3v) is 6.17. The number of halogens is 3. The highest BCUT2D eigenvalue weighted by Crippen LogP contribution is 2.37. The summed E-state index contributed by atoms with van der Waals surface area (Å²) >= 11 is 0.727. The largest absolute Gasteiger partial charge is 0.434 e. The fraction of sp³-hybridized carbons (Fsp3) is 0.500. The lowest BCUT2D eigenvalue weighted by Crippen LogP contribution is -2.44. The van der Waals surface area contributed by atoms with Crippen LogP contribution in [0.2, 0.25) is 0 Å². The molecule has 10 heteroatoms. The van der Waals surface area contributed by atoms with E-state index in [1.54, 1.807) is 7.05 Å². The van der Waals surface area contributed by atoms with E-state index >= 15 is 0 Å². The normalized spacial score (nSPS) is 17.0. The summed E-state index contributed by atoms with van der Waals surface area (Å²) in [5, 5.41) is 0. The molecule has 0 aromatic carbocycles. The van der Waals surface area contributed by atoms with Gasteiger partial charge in [0.2, 0.25) is 5.95 Å². The van der Waals surface area contributed by atoms with Crippen LogP contribution in [0.1, 0.15) is 25.5 Å². The Labute approximate surface area is 165 Å². The second-order valence-corrected chi connectivity index (χ2v) is 8.32. The van der Waals surface area contributed by atoms with Crippen LogP contribution in [0.15, 0.2) is 39.1 Å². The first-order valence-electron chi connectivity index (χ1n) is 8.86. The third-order valence-electron chi connectivity index (χ3n) is 5.12. The van der Waals surface area contributed by atoms with Gasteiger partial charge in [-0.2, -0.15) is 13.2 Å². The van der Waals surface area contributed by atoms with Gasteiger partial charge in [0.15, 0.2) is 5.69 Å². The number of pyridine rings is 1. The van der Waals surface area contributed by atoms with Gasteiger partial charge in [0.25, 0.3) is 5.56 Å². The number of alkyl halides is 3. The molecule has 0 atom stereocenters. The van der Waals surface area contributed by atoms with E-state index in [2.05, 4.69) is 16.9 Å². The Balaban J connectivity index is 1.86. The van der Waals surface area contributed by atoms with E-state index in [9.17, 15) is 18.0 Å². The first-order chi connectivity index (χ1) is 13.1. The molecule has 28 heavy (non-hydrogen) atoms. The molecule has 152 valence electrons. The molecule has 3 heterocycles. The van der Waals surface area contributed by atoms with E-state index in [0.29, 0.717) is 12.5 Å². The van der Waals surface area contributed by atoms with Crippen LogP contribution in [0.5, 0.6) is 0 Å². The molecule has 1 fully saturated rings. The molecular formula is C18H22F3N5OS. The molecule has 1 aliphatic rings. The minimum Gasteiger partial charge on any atom is -0.342 e. The second kappa shape index (κ2) is 7.75. The van der Waals surface area contributed by atoms with Crippen molar-refractivity contribution < 1.29 is 13.2 Å². The van der Waals surface area contributed by atoms with Crippen molar-refractivity contribution >= 4 is 17.7 Å². The number of anilines is 1. The van der Waals surface area contributed by atoms with Crippen LogP contribution < -0.4 is 16.2 Å². The highest BCUT2D eigenvalue weighted by atomic mass is 32.2. The standard InChI is InChI=1S/C18H22F3N5OS/c1-17(11-22)5-8-26(9-6-17)16-24-10-13(15(27)25(16)2)28-12-4-3-7-23-14(12)18(19,20)21/h3-4,7,10H,5-6,8-9,11,22H2,1-2H3. The van der Waals surface area contributed by atoms with Gasteiger partial charge in [-0.1, -0.05) is 18.7 Å². The predicted molar refractivity (Wildman–Crippen MR) is 101 cm³/mol. The van der Waals surface area contributed by atoms with Crippen LogP contribution in [-0.2, 0) is 13.2 Å². The van der Waals surface area contributed by atoms with Crippen LogP contribution in [0.4, 0.5) is 19.1 Å². The summed E-state index contributed by atoms with van der Waals surface area (Å²) in [6.45, 7) is 4.20. The average Bonchev–Trinajstić information content (AvgIpc) is 2.66. The maximum Gasteiger partial charge on any atom is 0.434 e. The fourth-order valence-electron chi connectivity index (χ4n) is 3.13. The second-order valence-electron chi connectivity index (χ2n) is 7.24. The number of piperidine rings is 1. The van der Waals surface area contributed by atoms with Crippen LogP contribution in [0, 0.1) is 5.41 Å². The van der Waals surface area contributed by atoms with Gasteiger partial charge in [0.1, 0.15) is 0 Å². The fourth-order valence-corrected chi connectivity index (χ4v) is 4.11. The van der Waals surface area contributed by atoms with E-state index in [4.69, 9.17) is 5.73 Å². The van der Waals surface area contributed by atoms with Crippen molar-refractivity contribution in [3.63, 3.8) is 0 Å². The maximum absolute atomic E-state index is 13.1. The molecule has 2 aromatic rings. The van der Waals surface area contributed by atoms with Crippen molar-refractivity contribution in [1.82, 2.24) is 14.5 Å². The Morgan fingerprint density at radius 3 is 2.54 bits per heavy atom. The van der Waals surface area contributed by atoms with Gasteiger partial charge in [0.05, 0.1) is 11.1 Å². The average molecular weight is 413 g/mol. The van der Waals surface area contributed by atoms with Crippen molar-refractivity contribution in [2.75, 3.05) is 24.5 Å². The molecule has 0 bridgehead atoms. The molecule has 6 nitrogen and oxygen atoms in total. The zero-order valence-electron chi connectivity index (χ0n) is 15.7. The predicted octanol–water partition coefficient (Wildman–Crippen LogP) is 2.91. The molecule has 0 unspecified atom stereocenters. The minimum atomic E-state index is -4.59. The van der Waals surface area contributed by atoms with Gasteiger partial charge in [-0.3, -0.25) is 14.3 Å². The lowest BCUT2D eigenvalue weighted by atomic mass is 9.81. The molecule has 0 radical (unpaired) electrons. The highest BCUT2D eigenvalue weighted by Gasteiger charge is 2.36. The van der Waals surface area contributed by atoms with E-state index in [-0.39, 0.29) is 20.8 Å². The molecule has 2 N–H and O–H groups in total. The smallest absolute Gasteiger partial charge is 0.342 e. The summed E-state index contributed by atoms with van der Waals surface area (Å²) in [7, 11) is 1.58. The number of hydrogen-bond acceptors (Lipinski definition) is 6. The summed E-state index contributed by atoms with van der Waals surface area (Å²) < 4.78 is 40.8. The van der Waals surface area contributed by atoms with Crippen LogP contribution >= 0.6 is 11.8 Å². The molecular weight excluding hydrogens is 391 g/mol. The Morgan fingerprint density at radius 2 is 1.93 bits per heavy atom. The summed E-state index contributed by atoms with van der Waals surface area (Å²) in [4.78, 5) is 22.5. The van der Waals surface area contributed by atoms with Crippen molar-refractivity contribution in [3.05, 3.63) is 40.6 Å². The van der Waals surface area contributed by atoms with Crippen molar-refractivity contribution in [1.29, 1.82) is 0 Å². The Morgan fingerprint density at radius 1 is 1.25 bits per heavy atom. The number of nitrogens with zero attached hydrogens (tertiary/aromatic N) is 4. The SMILES string of the molecule is Cn1c(N2CCC(C)(CN)CC2)ncc(Sc2cccnc2C(F)(F)F)c1=O. The highest BCUT2D eigenvalue weighted by molar-refractivity contribution is 7.99. The Bertz CT molecular complexity index is 907. The first-order valence-corrected chi connectivity index (χ1v) is 9.67. The van der Waals surface area contributed by atoms with Crippen LogP contribution in [0.25, 0.3) is 0 Å². The van der Waals surface area contributed by atoms with Crippen LogP contribution in [0.3, 0.4) is 0 Å². The minimum absolute atomic E-state index is 0.0828. The summed E-state index contributed by atoms with van der Waals surface area (Å²) in [5.74, 6) is 0.510. The number of hydrogen-bond donors (Lipinski definition) is 1. The maximum atomic E-state index is 13.1. The van der Waals surface area contributed by atoms with E-state index < -0.39 is 11.9 Å². The molecule has 0 saturated carbocycles. The van der Waals surface area contributed by atoms with Crippen molar-refractivity contribution in [2.45, 2.75) is 35.7 Å². The van der Waals surface area contributed by atoms with E-state index in [1.165, 1.54) is 22.9 Å². The topological polar surface area (TPSA) is 77.0 Å². The molecule has 1 aliphatic heterocycles. The van der Waals surface area contributed by atoms with Gasteiger partial charge in [-0.15, -0.1) is 0 Å². The van der Waals surface area contributed by atoms with Gasteiger partial charge in [-0.25, -0.2) is 4.98 Å². The quantitative estimate of drug-likeness (QED) is 0.831. The molecule has 0 aliphatic carbocycles. The first kappa shape index (κ1) is 20.7. The number of rotatable bonds is 4. The third kappa shape index (κ3) is 4.17. The molecule has 3 rings (SSSR count). The zero-order valence-corrected chi connectivity index (χ0v) is 16.5. The van der Waals surface area contributed by atoms with Gasteiger partial charge in [0, 0.05) is 31.2 Å². The lowest BCUT2D eigenvalue weighted by Gasteiger charge is -2.39. The monoisotopic (exact) mass is 413 g/mol. The van der Waals surface area contributed by atoms with E-state index in [1.807, 2.05) is 4.90 Å². The number of nitrogens with two attached hydrogens (primary N) is 1. The molecule has 0 spiro atoms. The zero-order chi connectivity index (χ0) is 20.5. The van der Waals surface area contributed by atoms with E-state index in [0.717, 1.165) is 43.9 Å². The van der Waals surface area contributed by atoms with Crippen molar-refractivity contribution in [3.8, 4) is 0 Å². The molecule has 0 amide bonds. The van der Waals surface area contributed by atoms with Gasteiger partial charge in [-0.05, 0) is 36.9 Å². The summed E-state index contributed by atoms with van der Waals surface area (Å²) in [6.07, 6.45) is -0.392. The van der Waals surface area contributed by atoms with Crippen molar-refractivity contribution in [2.24, 2.45) is 18.2 Å². The Kier molecular flexibility index (Phi) is 5.72. The molecule has 2 aromatic heterocycles. The Hall–Kier alpha value is -2.07. The molecule has 1 saturated heterocycles. The summed E-state index contributed by atoms with van der Waals surface area (Å²) in [5.41, 5.74) is 4.52. The van der Waals surface area contributed by atoms with Crippen LogP contribution in [-0.4, -0.2) is 34.2 Å². The lowest BCUT2D eigenvalue weighted by molar-refractivity contribution is -0.143. The van der Waals surface area contributed by atoms with Gasteiger partial charge < -0.3 is 10.6 Å². The van der Waals surface area contributed by atoms with Gasteiger partial charge >= 0.3 is 6.18 Å². The summed E-state index contributed by atoms with van der Waals surface area (Å²) in [6, 6.07) is 2.71. The number of aromatic nitrogens is 3.